The van der Waals surface area contributed by atoms with E-state index in [0.29, 0.717) is 6.54 Å². The van der Waals surface area contributed by atoms with Gasteiger partial charge in [0.15, 0.2) is 0 Å². The van der Waals surface area contributed by atoms with Crippen molar-refractivity contribution in [1.29, 1.82) is 0 Å². The van der Waals surface area contributed by atoms with Gasteiger partial charge in [-0.25, -0.2) is 0 Å². The smallest absolute Gasteiger partial charge is 0.0487 e. The molecule has 0 unspecified atom stereocenters. The highest BCUT2D eigenvalue weighted by Crippen LogP contribution is 2.28. The molecule has 0 aliphatic carbocycles. The summed E-state index contributed by atoms with van der Waals surface area (Å²) in [6, 6.07) is 16.3. The van der Waals surface area contributed by atoms with E-state index in [9.17, 15) is 0 Å². The van der Waals surface area contributed by atoms with Gasteiger partial charge in [-0.15, -0.1) is 0 Å². The lowest BCUT2D eigenvalue weighted by atomic mass is 10.0. The van der Waals surface area contributed by atoms with Crippen LogP contribution in [-0.2, 0) is 6.54 Å². The third-order valence-corrected chi connectivity index (χ3v) is 3.08. The molecule has 2 nitrogen and oxygen atoms in total. The first-order valence-corrected chi connectivity index (χ1v) is 6.43. The van der Waals surface area contributed by atoms with Gasteiger partial charge >= 0.3 is 0 Å². The first-order valence-electron chi connectivity index (χ1n) is 6.06. The van der Waals surface area contributed by atoms with E-state index in [2.05, 4.69) is 29.6 Å². The Balaban J connectivity index is 2.15. The van der Waals surface area contributed by atoms with Gasteiger partial charge in [-0.1, -0.05) is 54.1 Å². The van der Waals surface area contributed by atoms with Gasteiger partial charge in [-0.05, 0) is 17.2 Å². The van der Waals surface area contributed by atoms with Gasteiger partial charge < -0.3 is 11.1 Å². The number of nitrogens with one attached hydrogen (secondary N) is 1. The molecule has 3 N–H and O–H groups in total. The fraction of sp³-hybridized carbons (Fsp3) is 0.200. The average molecular weight is 261 g/mol. The first kappa shape index (κ1) is 13.1. The minimum atomic E-state index is 0.649. The molecule has 2 rings (SSSR count). The molecule has 0 atom stereocenters. The summed E-state index contributed by atoms with van der Waals surface area (Å²) < 4.78 is 0. The van der Waals surface area contributed by atoms with Crippen LogP contribution in [0.25, 0.3) is 11.1 Å². The monoisotopic (exact) mass is 260 g/mol. The Morgan fingerprint density at radius 2 is 1.83 bits per heavy atom. The average Bonchev–Trinajstić information content (AvgIpc) is 2.40. The van der Waals surface area contributed by atoms with E-state index in [1.54, 1.807) is 0 Å². The highest BCUT2D eigenvalue weighted by Gasteiger charge is 2.03. The molecule has 0 fully saturated rings. The van der Waals surface area contributed by atoms with Crippen molar-refractivity contribution < 1.29 is 0 Å². The van der Waals surface area contributed by atoms with Gasteiger partial charge in [0, 0.05) is 30.2 Å². The SMILES string of the molecule is NCCNCc1ccc(-c2ccccc2)c(Cl)c1. The fourth-order valence-electron chi connectivity index (χ4n) is 1.86. The van der Waals surface area contributed by atoms with Gasteiger partial charge in [-0.2, -0.15) is 0 Å². The number of benzene rings is 2. The lowest BCUT2D eigenvalue weighted by molar-refractivity contribution is 0.695. The van der Waals surface area contributed by atoms with Crippen LogP contribution in [0.4, 0.5) is 0 Å². The molecule has 0 aliphatic heterocycles. The highest BCUT2D eigenvalue weighted by molar-refractivity contribution is 6.33. The van der Waals surface area contributed by atoms with Gasteiger partial charge in [0.05, 0.1) is 0 Å². The topological polar surface area (TPSA) is 38.0 Å². The Morgan fingerprint density at radius 1 is 1.06 bits per heavy atom. The van der Waals surface area contributed by atoms with Crippen LogP contribution in [0.15, 0.2) is 48.5 Å². The van der Waals surface area contributed by atoms with Crippen LogP contribution in [-0.4, -0.2) is 13.1 Å². The van der Waals surface area contributed by atoms with Gasteiger partial charge in [-0.3, -0.25) is 0 Å². The Morgan fingerprint density at radius 3 is 2.50 bits per heavy atom. The normalized spacial score (nSPS) is 10.6. The minimum Gasteiger partial charge on any atom is -0.329 e. The third-order valence-electron chi connectivity index (χ3n) is 2.77. The van der Waals surface area contributed by atoms with E-state index < -0.39 is 0 Å². The quantitative estimate of drug-likeness (QED) is 0.811. The molecule has 94 valence electrons. The standard InChI is InChI=1S/C15H17ClN2/c16-15-10-12(11-18-9-8-17)6-7-14(15)13-4-2-1-3-5-13/h1-7,10,18H,8-9,11,17H2. The first-order chi connectivity index (χ1) is 8.81. The molecule has 2 aromatic carbocycles. The Bertz CT molecular complexity index is 497. The zero-order valence-corrected chi connectivity index (χ0v) is 11.0. The second kappa shape index (κ2) is 6.55. The molecule has 0 spiro atoms. The molecule has 2 aromatic rings. The maximum Gasteiger partial charge on any atom is 0.0487 e. The van der Waals surface area contributed by atoms with Crippen molar-refractivity contribution in [2.75, 3.05) is 13.1 Å². The van der Waals surface area contributed by atoms with Gasteiger partial charge in [0.2, 0.25) is 0 Å². The molecular weight excluding hydrogens is 244 g/mol. The summed E-state index contributed by atoms with van der Waals surface area (Å²) in [6.07, 6.45) is 0. The summed E-state index contributed by atoms with van der Waals surface area (Å²) in [4.78, 5) is 0. The molecule has 0 radical (unpaired) electrons. The van der Waals surface area contributed by atoms with E-state index in [4.69, 9.17) is 17.3 Å². The largest absolute Gasteiger partial charge is 0.329 e. The Labute approximate surface area is 113 Å². The second-order valence-corrected chi connectivity index (χ2v) is 4.55. The zero-order valence-electron chi connectivity index (χ0n) is 10.2. The molecule has 0 saturated carbocycles. The van der Waals surface area contributed by atoms with Crippen molar-refractivity contribution in [1.82, 2.24) is 5.32 Å². The third kappa shape index (κ3) is 3.33. The fourth-order valence-corrected chi connectivity index (χ4v) is 2.17. The number of halogens is 1. The maximum atomic E-state index is 6.32. The highest BCUT2D eigenvalue weighted by atomic mass is 35.5. The molecule has 0 amide bonds. The Hall–Kier alpha value is -1.35. The van der Waals surface area contributed by atoms with Crippen LogP contribution in [0.2, 0.25) is 5.02 Å². The van der Waals surface area contributed by atoms with E-state index >= 15 is 0 Å². The predicted octanol–water partition coefficient (Wildman–Crippen LogP) is 3.06. The lowest BCUT2D eigenvalue weighted by Gasteiger charge is -2.08. The summed E-state index contributed by atoms with van der Waals surface area (Å²) in [5.41, 5.74) is 8.82. The predicted molar refractivity (Wildman–Crippen MR) is 77.6 cm³/mol. The van der Waals surface area contributed by atoms with Gasteiger partial charge in [0.25, 0.3) is 0 Å². The molecular formula is C15H17ClN2. The number of rotatable bonds is 5. The van der Waals surface area contributed by atoms with Crippen LogP contribution in [0, 0.1) is 0 Å². The maximum absolute atomic E-state index is 6.32. The summed E-state index contributed by atoms with van der Waals surface area (Å²) in [7, 11) is 0. The van der Waals surface area contributed by atoms with Crippen molar-refractivity contribution >= 4 is 11.6 Å². The van der Waals surface area contributed by atoms with E-state index in [0.717, 1.165) is 29.2 Å². The molecule has 18 heavy (non-hydrogen) atoms. The summed E-state index contributed by atoms with van der Waals surface area (Å²) in [5, 5.41) is 4.04. The number of hydrogen-bond acceptors (Lipinski definition) is 2. The summed E-state index contributed by atoms with van der Waals surface area (Å²) in [6.45, 7) is 2.26. The van der Waals surface area contributed by atoms with Crippen LogP contribution < -0.4 is 11.1 Å². The molecule has 0 saturated heterocycles. The van der Waals surface area contributed by atoms with Crippen molar-refractivity contribution in [3.8, 4) is 11.1 Å². The Kier molecular flexibility index (Phi) is 4.76. The summed E-state index contributed by atoms with van der Waals surface area (Å²) in [5.74, 6) is 0. The van der Waals surface area contributed by atoms with Crippen molar-refractivity contribution in [2.45, 2.75) is 6.54 Å². The van der Waals surface area contributed by atoms with Crippen LogP contribution >= 0.6 is 11.6 Å². The molecule has 0 heterocycles. The minimum absolute atomic E-state index is 0.649. The van der Waals surface area contributed by atoms with Crippen molar-refractivity contribution in [3.63, 3.8) is 0 Å². The van der Waals surface area contributed by atoms with Crippen LogP contribution in [0.1, 0.15) is 5.56 Å². The molecule has 0 bridgehead atoms. The zero-order chi connectivity index (χ0) is 12.8. The van der Waals surface area contributed by atoms with E-state index in [1.165, 1.54) is 5.56 Å². The number of hydrogen-bond donors (Lipinski definition) is 2. The lowest BCUT2D eigenvalue weighted by Crippen LogP contribution is -2.21. The van der Waals surface area contributed by atoms with Crippen molar-refractivity contribution in [3.05, 3.63) is 59.1 Å². The second-order valence-electron chi connectivity index (χ2n) is 4.15. The number of nitrogens with two attached hydrogens (primary N) is 1. The molecule has 0 aromatic heterocycles. The van der Waals surface area contributed by atoms with Crippen molar-refractivity contribution in [2.24, 2.45) is 5.73 Å². The van der Waals surface area contributed by atoms with Crippen LogP contribution in [0.3, 0.4) is 0 Å². The van der Waals surface area contributed by atoms with E-state index in [1.807, 2.05) is 24.3 Å². The summed E-state index contributed by atoms with van der Waals surface area (Å²) >= 11 is 6.32. The van der Waals surface area contributed by atoms with Gasteiger partial charge in [0.1, 0.15) is 0 Å². The molecule has 0 aliphatic rings. The van der Waals surface area contributed by atoms with Crippen LogP contribution in [0.5, 0.6) is 0 Å². The molecule has 3 heteroatoms. The van der Waals surface area contributed by atoms with E-state index in [-0.39, 0.29) is 0 Å².